The SMILES string of the molecule is CCOC(=O)C1(C)CSN=C1c1ccc(Cl)cc1. The first-order chi connectivity index (χ1) is 8.58. The molecule has 2 rings (SSSR count). The number of esters is 1. The topological polar surface area (TPSA) is 38.7 Å². The van der Waals surface area contributed by atoms with E-state index in [4.69, 9.17) is 16.3 Å². The second kappa shape index (κ2) is 5.33. The Balaban J connectivity index is 2.32. The Morgan fingerprint density at radius 3 is 2.78 bits per heavy atom. The van der Waals surface area contributed by atoms with Crippen LogP contribution in [0.15, 0.2) is 28.7 Å². The van der Waals surface area contributed by atoms with E-state index in [2.05, 4.69) is 4.40 Å². The third kappa shape index (κ3) is 2.40. The number of rotatable bonds is 3. The Labute approximate surface area is 116 Å². The summed E-state index contributed by atoms with van der Waals surface area (Å²) in [6.45, 7) is 4.06. The predicted molar refractivity (Wildman–Crippen MR) is 75.2 cm³/mol. The highest BCUT2D eigenvalue weighted by Gasteiger charge is 2.44. The van der Waals surface area contributed by atoms with Gasteiger partial charge in [-0.1, -0.05) is 23.7 Å². The van der Waals surface area contributed by atoms with Crippen LogP contribution in [0.3, 0.4) is 0 Å². The predicted octanol–water partition coefficient (Wildman–Crippen LogP) is 3.36. The van der Waals surface area contributed by atoms with Crippen LogP contribution in [0.25, 0.3) is 0 Å². The molecule has 18 heavy (non-hydrogen) atoms. The summed E-state index contributed by atoms with van der Waals surface area (Å²) < 4.78 is 9.53. The summed E-state index contributed by atoms with van der Waals surface area (Å²) in [5.41, 5.74) is 1.01. The zero-order chi connectivity index (χ0) is 13.2. The molecule has 0 radical (unpaired) electrons. The van der Waals surface area contributed by atoms with Gasteiger partial charge in [0.25, 0.3) is 0 Å². The molecule has 0 aromatic heterocycles. The second-order valence-corrected chi connectivity index (χ2v) is 5.44. The molecule has 0 fully saturated rings. The van der Waals surface area contributed by atoms with Crippen molar-refractivity contribution >= 4 is 35.2 Å². The number of nitrogens with zero attached hydrogens (tertiary/aromatic N) is 1. The molecule has 0 saturated heterocycles. The van der Waals surface area contributed by atoms with E-state index in [9.17, 15) is 4.79 Å². The van der Waals surface area contributed by atoms with E-state index in [1.165, 1.54) is 11.9 Å². The van der Waals surface area contributed by atoms with E-state index in [1.807, 2.05) is 26.0 Å². The van der Waals surface area contributed by atoms with Gasteiger partial charge in [-0.2, -0.15) is 0 Å². The van der Waals surface area contributed by atoms with Gasteiger partial charge in [-0.05, 0) is 43.5 Å². The molecule has 96 valence electrons. The molecule has 1 aliphatic rings. The molecule has 3 nitrogen and oxygen atoms in total. The average molecular weight is 284 g/mol. The van der Waals surface area contributed by atoms with Crippen molar-refractivity contribution < 1.29 is 9.53 Å². The average Bonchev–Trinajstić information content (AvgIpc) is 2.74. The minimum atomic E-state index is -0.672. The molecule has 1 atom stereocenters. The van der Waals surface area contributed by atoms with Crippen molar-refractivity contribution in [1.82, 2.24) is 0 Å². The maximum absolute atomic E-state index is 12.1. The van der Waals surface area contributed by atoms with Gasteiger partial charge in [0.05, 0.1) is 12.3 Å². The molecule has 0 bridgehead atoms. The molecule has 0 spiro atoms. The van der Waals surface area contributed by atoms with Crippen LogP contribution in [0.2, 0.25) is 5.02 Å². The highest BCUT2D eigenvalue weighted by molar-refractivity contribution is 7.98. The lowest BCUT2D eigenvalue weighted by atomic mass is 9.83. The van der Waals surface area contributed by atoms with Crippen molar-refractivity contribution in [3.63, 3.8) is 0 Å². The van der Waals surface area contributed by atoms with Gasteiger partial charge in [0.2, 0.25) is 0 Å². The molecule has 0 aliphatic carbocycles. The molecule has 0 saturated carbocycles. The lowest BCUT2D eigenvalue weighted by Gasteiger charge is -2.22. The van der Waals surface area contributed by atoms with Crippen LogP contribution in [0.4, 0.5) is 0 Å². The fourth-order valence-electron chi connectivity index (χ4n) is 1.82. The zero-order valence-electron chi connectivity index (χ0n) is 10.3. The van der Waals surface area contributed by atoms with Crippen LogP contribution in [0.1, 0.15) is 19.4 Å². The largest absolute Gasteiger partial charge is 0.465 e. The normalized spacial score (nSPS) is 22.7. The minimum Gasteiger partial charge on any atom is -0.465 e. The first kappa shape index (κ1) is 13.4. The van der Waals surface area contributed by atoms with Crippen LogP contribution >= 0.6 is 23.5 Å². The summed E-state index contributed by atoms with van der Waals surface area (Å²) in [5, 5.41) is 0.669. The summed E-state index contributed by atoms with van der Waals surface area (Å²) in [7, 11) is 0. The smallest absolute Gasteiger partial charge is 0.318 e. The lowest BCUT2D eigenvalue weighted by molar-refractivity contribution is -0.149. The highest BCUT2D eigenvalue weighted by atomic mass is 35.5. The first-order valence-electron chi connectivity index (χ1n) is 5.71. The maximum Gasteiger partial charge on any atom is 0.318 e. The Morgan fingerprint density at radius 1 is 1.50 bits per heavy atom. The highest BCUT2D eigenvalue weighted by Crippen LogP contribution is 2.37. The van der Waals surface area contributed by atoms with Gasteiger partial charge in [-0.15, -0.1) is 0 Å². The molecular weight excluding hydrogens is 270 g/mol. The van der Waals surface area contributed by atoms with E-state index >= 15 is 0 Å². The van der Waals surface area contributed by atoms with E-state index in [-0.39, 0.29) is 5.97 Å². The van der Waals surface area contributed by atoms with Crippen molar-refractivity contribution in [2.75, 3.05) is 12.4 Å². The summed E-state index contributed by atoms with van der Waals surface area (Å²) in [5.74, 6) is 0.396. The molecule has 0 N–H and O–H groups in total. The first-order valence-corrected chi connectivity index (χ1v) is 7.03. The summed E-state index contributed by atoms with van der Waals surface area (Å²) in [4.78, 5) is 12.1. The quantitative estimate of drug-likeness (QED) is 0.631. The van der Waals surface area contributed by atoms with E-state index < -0.39 is 5.41 Å². The zero-order valence-corrected chi connectivity index (χ0v) is 11.8. The molecule has 1 aromatic rings. The standard InChI is InChI=1S/C13H14ClNO2S/c1-3-17-12(16)13(2)8-18-15-11(13)9-4-6-10(14)7-5-9/h4-7H,3,8H2,1-2H3. The Kier molecular flexibility index (Phi) is 3.97. The lowest BCUT2D eigenvalue weighted by Crippen LogP contribution is -2.38. The Morgan fingerprint density at radius 2 is 2.17 bits per heavy atom. The van der Waals surface area contributed by atoms with Crippen molar-refractivity contribution in [3.8, 4) is 0 Å². The molecule has 0 amide bonds. The summed E-state index contributed by atoms with van der Waals surface area (Å²) in [6, 6.07) is 7.36. The number of hydrogen-bond acceptors (Lipinski definition) is 4. The second-order valence-electron chi connectivity index (χ2n) is 4.27. The number of halogens is 1. The van der Waals surface area contributed by atoms with Gasteiger partial charge >= 0.3 is 5.97 Å². The molecule has 1 heterocycles. The van der Waals surface area contributed by atoms with Gasteiger partial charge in [0.15, 0.2) is 0 Å². The number of ether oxygens (including phenoxy) is 1. The molecule has 1 unspecified atom stereocenters. The van der Waals surface area contributed by atoms with Crippen LogP contribution in [-0.4, -0.2) is 24.0 Å². The van der Waals surface area contributed by atoms with Gasteiger partial charge in [0.1, 0.15) is 5.41 Å². The molecule has 5 heteroatoms. The third-order valence-corrected chi connectivity index (χ3v) is 4.15. The van der Waals surface area contributed by atoms with Crippen LogP contribution in [0.5, 0.6) is 0 Å². The van der Waals surface area contributed by atoms with Gasteiger partial charge < -0.3 is 4.74 Å². The monoisotopic (exact) mass is 283 g/mol. The molecular formula is C13H14ClNO2S. The van der Waals surface area contributed by atoms with E-state index in [0.717, 1.165) is 11.3 Å². The molecule has 1 aliphatic heterocycles. The van der Waals surface area contributed by atoms with Crippen LogP contribution in [0, 0.1) is 5.41 Å². The fraction of sp³-hybridized carbons (Fsp3) is 0.385. The third-order valence-electron chi connectivity index (χ3n) is 2.88. The molecule has 1 aromatic carbocycles. The van der Waals surface area contributed by atoms with Gasteiger partial charge in [-0.3, -0.25) is 4.79 Å². The van der Waals surface area contributed by atoms with Gasteiger partial charge in [-0.25, -0.2) is 4.40 Å². The van der Waals surface area contributed by atoms with E-state index in [0.29, 0.717) is 17.4 Å². The van der Waals surface area contributed by atoms with Crippen LogP contribution < -0.4 is 0 Å². The number of carbonyl (C=O) groups is 1. The number of carbonyl (C=O) groups excluding carboxylic acids is 1. The van der Waals surface area contributed by atoms with Crippen molar-refractivity contribution in [2.45, 2.75) is 13.8 Å². The summed E-state index contributed by atoms with van der Waals surface area (Å²) in [6.07, 6.45) is 0. The van der Waals surface area contributed by atoms with Gasteiger partial charge in [0, 0.05) is 10.8 Å². The van der Waals surface area contributed by atoms with Crippen molar-refractivity contribution in [3.05, 3.63) is 34.9 Å². The fourth-order valence-corrected chi connectivity index (χ4v) is 2.96. The van der Waals surface area contributed by atoms with E-state index in [1.54, 1.807) is 12.1 Å². The number of hydrogen-bond donors (Lipinski definition) is 0. The Hall–Kier alpha value is -1.00. The Bertz CT molecular complexity index is 486. The summed E-state index contributed by atoms with van der Waals surface area (Å²) >= 11 is 7.26. The minimum absolute atomic E-state index is 0.219. The maximum atomic E-state index is 12.1. The van der Waals surface area contributed by atoms with Crippen LogP contribution in [-0.2, 0) is 9.53 Å². The van der Waals surface area contributed by atoms with Crippen molar-refractivity contribution in [2.24, 2.45) is 9.81 Å². The number of benzene rings is 1. The van der Waals surface area contributed by atoms with Crippen molar-refractivity contribution in [1.29, 1.82) is 0 Å².